The van der Waals surface area contributed by atoms with Gasteiger partial charge in [0.1, 0.15) is 0 Å². The highest BCUT2D eigenvalue weighted by molar-refractivity contribution is 7.89. The Morgan fingerprint density at radius 3 is 2.36 bits per heavy atom. The zero-order valence-corrected chi connectivity index (χ0v) is 17.4. The van der Waals surface area contributed by atoms with Gasteiger partial charge in [-0.2, -0.15) is 4.31 Å². The van der Waals surface area contributed by atoms with E-state index in [-0.39, 0.29) is 5.91 Å². The molecule has 1 aromatic carbocycles. The fraction of sp³-hybridized carbons (Fsp3) is 0.667. The van der Waals surface area contributed by atoms with Crippen molar-refractivity contribution in [1.29, 1.82) is 0 Å². The van der Waals surface area contributed by atoms with Crippen LogP contribution in [0.2, 0.25) is 0 Å². The lowest BCUT2D eigenvalue weighted by atomic mass is 9.75. The molecule has 3 aliphatic rings. The van der Waals surface area contributed by atoms with Crippen molar-refractivity contribution < 1.29 is 18.1 Å². The summed E-state index contributed by atoms with van der Waals surface area (Å²) in [5.74, 6) is 1.78. The van der Waals surface area contributed by atoms with Gasteiger partial charge in [0, 0.05) is 13.1 Å². The molecule has 2 saturated heterocycles. The monoisotopic (exact) mass is 406 g/mol. The summed E-state index contributed by atoms with van der Waals surface area (Å²) < 4.78 is 27.0. The van der Waals surface area contributed by atoms with Crippen molar-refractivity contribution in [3.63, 3.8) is 0 Å². The molecule has 2 atom stereocenters. The molecule has 3 fully saturated rings. The number of nitrogens with one attached hydrogen (secondary N) is 1. The van der Waals surface area contributed by atoms with Gasteiger partial charge in [0.25, 0.3) is 5.91 Å². The van der Waals surface area contributed by atoms with Crippen molar-refractivity contribution in [1.82, 2.24) is 9.21 Å². The third kappa shape index (κ3) is 4.26. The minimum atomic E-state index is -3.42. The van der Waals surface area contributed by atoms with Gasteiger partial charge in [-0.1, -0.05) is 37.5 Å². The Morgan fingerprint density at radius 2 is 1.64 bits per heavy atom. The Kier molecular flexibility index (Phi) is 6.04. The van der Waals surface area contributed by atoms with E-state index >= 15 is 0 Å². The van der Waals surface area contributed by atoms with E-state index in [9.17, 15) is 13.2 Å². The van der Waals surface area contributed by atoms with Crippen molar-refractivity contribution in [2.75, 3.05) is 45.8 Å². The van der Waals surface area contributed by atoms with Crippen LogP contribution >= 0.6 is 0 Å². The minimum absolute atomic E-state index is 0.249. The van der Waals surface area contributed by atoms with Crippen LogP contribution in [0.15, 0.2) is 35.2 Å². The lowest BCUT2D eigenvalue weighted by Gasteiger charge is -2.41. The smallest absolute Gasteiger partial charge is 0.277 e. The maximum atomic E-state index is 12.8. The lowest BCUT2D eigenvalue weighted by molar-refractivity contribution is -0.896. The van der Waals surface area contributed by atoms with Gasteiger partial charge < -0.3 is 9.80 Å². The van der Waals surface area contributed by atoms with Crippen LogP contribution in [-0.2, 0) is 14.8 Å². The van der Waals surface area contributed by atoms with Gasteiger partial charge in [-0.25, -0.2) is 8.42 Å². The van der Waals surface area contributed by atoms with Crippen molar-refractivity contribution in [2.45, 2.75) is 37.0 Å². The molecule has 2 heterocycles. The molecule has 1 amide bonds. The predicted molar refractivity (Wildman–Crippen MR) is 107 cm³/mol. The van der Waals surface area contributed by atoms with E-state index in [2.05, 4.69) is 4.90 Å². The number of carbonyl (C=O) groups excluding carboxylic acids is 1. The van der Waals surface area contributed by atoms with Crippen LogP contribution in [0.3, 0.4) is 0 Å². The predicted octanol–water partition coefficient (Wildman–Crippen LogP) is 0.615. The molecule has 2 aliphatic heterocycles. The number of hydrogen-bond acceptors (Lipinski definition) is 3. The average Bonchev–Trinajstić information content (AvgIpc) is 2.74. The molecule has 7 heteroatoms. The Labute approximate surface area is 168 Å². The van der Waals surface area contributed by atoms with Crippen molar-refractivity contribution >= 4 is 15.9 Å². The van der Waals surface area contributed by atoms with E-state index in [1.54, 1.807) is 28.6 Å². The number of amides is 1. The summed E-state index contributed by atoms with van der Waals surface area (Å²) in [6.45, 7) is 4.67. The Bertz CT molecular complexity index is 775. The quantitative estimate of drug-likeness (QED) is 0.797. The highest BCUT2D eigenvalue weighted by atomic mass is 32.2. The van der Waals surface area contributed by atoms with Crippen LogP contribution < -0.4 is 4.90 Å². The minimum Gasteiger partial charge on any atom is -0.338 e. The average molecular weight is 407 g/mol. The molecule has 28 heavy (non-hydrogen) atoms. The number of piperazine rings is 1. The van der Waals surface area contributed by atoms with Crippen LogP contribution in [0, 0.1) is 11.8 Å². The molecular formula is C21H32N3O3S+. The topological polar surface area (TPSA) is 62.1 Å². The van der Waals surface area contributed by atoms with E-state index in [1.807, 2.05) is 6.07 Å². The molecular weight excluding hydrogens is 374 g/mol. The summed E-state index contributed by atoms with van der Waals surface area (Å²) in [5, 5.41) is 0. The SMILES string of the molecule is O=C(C[NH+]1CCN(S(=O)(=O)c2ccccc2)CC1)N1CC[C@H]2CCCC[C@@H]2C1. The Morgan fingerprint density at radius 1 is 0.964 bits per heavy atom. The summed E-state index contributed by atoms with van der Waals surface area (Å²) in [6.07, 6.45) is 6.45. The number of hydrogen-bond donors (Lipinski definition) is 1. The highest BCUT2D eigenvalue weighted by Gasteiger charge is 2.35. The maximum Gasteiger partial charge on any atom is 0.277 e. The zero-order valence-electron chi connectivity index (χ0n) is 16.6. The number of carbonyl (C=O) groups is 1. The molecule has 0 radical (unpaired) electrons. The largest absolute Gasteiger partial charge is 0.338 e. The Balaban J connectivity index is 1.28. The summed E-state index contributed by atoms with van der Waals surface area (Å²) in [6, 6.07) is 8.62. The van der Waals surface area contributed by atoms with E-state index in [0.29, 0.717) is 43.5 Å². The van der Waals surface area contributed by atoms with E-state index in [4.69, 9.17) is 0 Å². The zero-order chi connectivity index (χ0) is 19.6. The van der Waals surface area contributed by atoms with Crippen LogP contribution in [0.1, 0.15) is 32.1 Å². The fourth-order valence-electron chi connectivity index (χ4n) is 5.11. The third-order valence-corrected chi connectivity index (χ3v) is 8.77. The summed E-state index contributed by atoms with van der Waals surface area (Å²) >= 11 is 0. The molecule has 1 aliphatic carbocycles. The molecule has 1 saturated carbocycles. The molecule has 1 aromatic rings. The number of benzene rings is 1. The first-order chi connectivity index (χ1) is 13.5. The summed E-state index contributed by atoms with van der Waals surface area (Å²) in [4.78, 5) is 16.4. The molecule has 0 bridgehead atoms. The van der Waals surface area contributed by atoms with E-state index in [0.717, 1.165) is 25.4 Å². The number of fused-ring (bicyclic) bond motifs is 1. The molecule has 154 valence electrons. The third-order valence-electron chi connectivity index (χ3n) is 6.86. The molecule has 1 N–H and O–H groups in total. The first-order valence-corrected chi connectivity index (χ1v) is 12.1. The van der Waals surface area contributed by atoms with Gasteiger partial charge in [0.2, 0.25) is 10.0 Å². The second-order valence-corrected chi connectivity index (χ2v) is 10.5. The molecule has 0 aromatic heterocycles. The second kappa shape index (κ2) is 8.51. The number of piperidine rings is 1. The fourth-order valence-corrected chi connectivity index (χ4v) is 6.58. The van der Waals surface area contributed by atoms with Gasteiger partial charge in [-0.15, -0.1) is 0 Å². The van der Waals surface area contributed by atoms with Gasteiger partial charge in [0.05, 0.1) is 31.1 Å². The number of quaternary nitrogens is 1. The van der Waals surface area contributed by atoms with Gasteiger partial charge in [0.15, 0.2) is 6.54 Å². The number of nitrogens with zero attached hydrogens (tertiary/aromatic N) is 2. The molecule has 6 nitrogen and oxygen atoms in total. The van der Waals surface area contributed by atoms with Crippen molar-refractivity contribution in [3.05, 3.63) is 30.3 Å². The molecule has 4 rings (SSSR count). The normalized spacial score (nSPS) is 27.4. The van der Waals surface area contributed by atoms with Crippen LogP contribution in [0.5, 0.6) is 0 Å². The standard InChI is InChI=1S/C21H31N3O3S/c25-21(23-11-10-18-6-4-5-7-19(18)16-23)17-22-12-14-24(15-13-22)28(26,27)20-8-2-1-3-9-20/h1-3,8-9,18-19H,4-7,10-17H2/p+1/t18-,19-/m1/s1. The van der Waals surface area contributed by atoms with Crippen molar-refractivity contribution in [3.8, 4) is 0 Å². The molecule has 0 spiro atoms. The van der Waals surface area contributed by atoms with Gasteiger partial charge in [-0.05, 0) is 36.8 Å². The van der Waals surface area contributed by atoms with E-state index < -0.39 is 10.0 Å². The summed E-state index contributed by atoms with van der Waals surface area (Å²) in [5.41, 5.74) is 0. The number of sulfonamides is 1. The molecule has 0 unspecified atom stereocenters. The second-order valence-electron chi connectivity index (χ2n) is 8.58. The lowest BCUT2D eigenvalue weighted by Crippen LogP contribution is -3.15. The van der Waals surface area contributed by atoms with Crippen LogP contribution in [0.4, 0.5) is 0 Å². The van der Waals surface area contributed by atoms with Gasteiger partial charge in [-0.3, -0.25) is 4.79 Å². The van der Waals surface area contributed by atoms with E-state index in [1.165, 1.54) is 30.6 Å². The van der Waals surface area contributed by atoms with Crippen LogP contribution in [0.25, 0.3) is 0 Å². The first kappa shape index (κ1) is 19.9. The highest BCUT2D eigenvalue weighted by Crippen LogP contribution is 2.35. The van der Waals surface area contributed by atoms with Crippen LogP contribution in [-0.4, -0.2) is 69.3 Å². The number of rotatable bonds is 4. The van der Waals surface area contributed by atoms with Crippen molar-refractivity contribution in [2.24, 2.45) is 11.8 Å². The Hall–Kier alpha value is -1.44. The maximum absolute atomic E-state index is 12.8. The first-order valence-electron chi connectivity index (χ1n) is 10.7. The number of likely N-dealkylation sites (tertiary alicyclic amines) is 1. The van der Waals surface area contributed by atoms with Gasteiger partial charge >= 0.3 is 0 Å². The summed E-state index contributed by atoms with van der Waals surface area (Å²) in [7, 11) is -3.42.